The van der Waals surface area contributed by atoms with Crippen molar-refractivity contribution in [2.24, 2.45) is 0 Å². The van der Waals surface area contributed by atoms with Gasteiger partial charge in [-0.2, -0.15) is 0 Å². The topological polar surface area (TPSA) is 54.0 Å². The lowest BCUT2D eigenvalue weighted by atomic mass is 10.1. The van der Waals surface area contributed by atoms with E-state index in [9.17, 15) is 4.79 Å². The number of anilines is 1. The first kappa shape index (κ1) is 17.5. The molecule has 1 rings (SSSR count). The van der Waals surface area contributed by atoms with Crippen LogP contribution in [0.25, 0.3) is 0 Å². The van der Waals surface area contributed by atoms with Gasteiger partial charge in [-0.1, -0.05) is 32.6 Å². The second-order valence-electron chi connectivity index (χ2n) is 5.64. The summed E-state index contributed by atoms with van der Waals surface area (Å²) >= 11 is 0. The largest absolute Gasteiger partial charge is 0.370 e. The SMILES string of the molecule is CCCCCCC(C)NC(=O)c1cc(C)nc(NCC)c1. The third kappa shape index (κ3) is 6.61. The maximum Gasteiger partial charge on any atom is 0.251 e. The fourth-order valence-electron chi connectivity index (χ4n) is 2.33. The average molecular weight is 291 g/mol. The number of hydrogen-bond acceptors (Lipinski definition) is 3. The number of amides is 1. The van der Waals surface area contributed by atoms with E-state index in [0.717, 1.165) is 24.5 Å². The Bertz CT molecular complexity index is 446. The molecule has 0 aromatic carbocycles. The number of rotatable bonds is 9. The molecule has 1 amide bonds. The lowest BCUT2D eigenvalue weighted by Gasteiger charge is -2.14. The number of nitrogens with zero attached hydrogens (tertiary/aromatic N) is 1. The van der Waals surface area contributed by atoms with Gasteiger partial charge in [-0.05, 0) is 39.3 Å². The third-order valence-corrected chi connectivity index (χ3v) is 3.44. The summed E-state index contributed by atoms with van der Waals surface area (Å²) < 4.78 is 0. The fraction of sp³-hybridized carbons (Fsp3) is 0.647. The number of aryl methyl sites for hydroxylation is 1. The molecule has 0 saturated carbocycles. The zero-order valence-corrected chi connectivity index (χ0v) is 13.8. The molecule has 1 aromatic rings. The summed E-state index contributed by atoms with van der Waals surface area (Å²) in [6.45, 7) is 9.00. The quantitative estimate of drug-likeness (QED) is 0.678. The van der Waals surface area contributed by atoms with Crippen molar-refractivity contribution in [3.63, 3.8) is 0 Å². The van der Waals surface area contributed by atoms with Gasteiger partial charge >= 0.3 is 0 Å². The van der Waals surface area contributed by atoms with Crippen molar-refractivity contribution in [3.05, 3.63) is 23.4 Å². The van der Waals surface area contributed by atoms with E-state index < -0.39 is 0 Å². The minimum absolute atomic E-state index is 0.0114. The van der Waals surface area contributed by atoms with Gasteiger partial charge in [0.2, 0.25) is 0 Å². The first-order valence-corrected chi connectivity index (χ1v) is 8.10. The van der Waals surface area contributed by atoms with E-state index in [2.05, 4.69) is 29.5 Å². The van der Waals surface area contributed by atoms with Crippen LogP contribution in [0.15, 0.2) is 12.1 Å². The van der Waals surface area contributed by atoms with Crippen molar-refractivity contribution in [1.82, 2.24) is 10.3 Å². The number of hydrogen-bond donors (Lipinski definition) is 2. The number of aromatic nitrogens is 1. The van der Waals surface area contributed by atoms with Gasteiger partial charge in [-0.15, -0.1) is 0 Å². The van der Waals surface area contributed by atoms with Gasteiger partial charge in [0.25, 0.3) is 5.91 Å². The highest BCUT2D eigenvalue weighted by Crippen LogP contribution is 2.11. The van der Waals surface area contributed by atoms with Gasteiger partial charge in [-0.25, -0.2) is 4.98 Å². The zero-order valence-electron chi connectivity index (χ0n) is 13.8. The van der Waals surface area contributed by atoms with E-state index in [1.165, 1.54) is 25.7 Å². The monoisotopic (exact) mass is 291 g/mol. The summed E-state index contributed by atoms with van der Waals surface area (Å²) in [6.07, 6.45) is 5.97. The highest BCUT2D eigenvalue weighted by Gasteiger charge is 2.11. The fourth-order valence-corrected chi connectivity index (χ4v) is 2.33. The van der Waals surface area contributed by atoms with E-state index in [4.69, 9.17) is 0 Å². The molecule has 0 bridgehead atoms. The van der Waals surface area contributed by atoms with E-state index in [1.54, 1.807) is 0 Å². The van der Waals surface area contributed by atoms with Crippen LogP contribution in [-0.4, -0.2) is 23.5 Å². The van der Waals surface area contributed by atoms with Crippen LogP contribution in [-0.2, 0) is 0 Å². The Kier molecular flexibility index (Phi) is 7.80. The van der Waals surface area contributed by atoms with E-state index in [0.29, 0.717) is 5.56 Å². The van der Waals surface area contributed by atoms with Crippen molar-refractivity contribution in [2.45, 2.75) is 65.8 Å². The Morgan fingerprint density at radius 1 is 1.24 bits per heavy atom. The molecule has 0 spiro atoms. The molecule has 0 aliphatic rings. The predicted molar refractivity (Wildman–Crippen MR) is 88.8 cm³/mol. The van der Waals surface area contributed by atoms with Crippen molar-refractivity contribution < 1.29 is 4.79 Å². The van der Waals surface area contributed by atoms with Gasteiger partial charge in [0.05, 0.1) is 0 Å². The van der Waals surface area contributed by atoms with Crippen molar-refractivity contribution in [3.8, 4) is 0 Å². The van der Waals surface area contributed by atoms with Crippen LogP contribution in [0, 0.1) is 6.92 Å². The molecular formula is C17H29N3O. The summed E-state index contributed by atoms with van der Waals surface area (Å²) in [5, 5.41) is 6.23. The highest BCUT2D eigenvalue weighted by atomic mass is 16.1. The molecule has 0 aliphatic heterocycles. The number of carbonyl (C=O) groups excluding carboxylic acids is 1. The Balaban J connectivity index is 2.54. The maximum absolute atomic E-state index is 12.3. The molecule has 1 aromatic heterocycles. The first-order valence-electron chi connectivity index (χ1n) is 8.10. The van der Waals surface area contributed by atoms with Crippen LogP contribution in [0.1, 0.15) is 68.9 Å². The van der Waals surface area contributed by atoms with Crippen LogP contribution in [0.3, 0.4) is 0 Å². The molecule has 0 saturated heterocycles. The minimum Gasteiger partial charge on any atom is -0.370 e. The number of carbonyl (C=O) groups is 1. The van der Waals surface area contributed by atoms with Gasteiger partial charge in [0.1, 0.15) is 5.82 Å². The summed E-state index contributed by atoms with van der Waals surface area (Å²) in [5.74, 6) is 0.751. The second-order valence-corrected chi connectivity index (χ2v) is 5.64. The van der Waals surface area contributed by atoms with Crippen LogP contribution in [0.5, 0.6) is 0 Å². The van der Waals surface area contributed by atoms with Crippen molar-refractivity contribution in [1.29, 1.82) is 0 Å². The summed E-state index contributed by atoms with van der Waals surface area (Å²) in [7, 11) is 0. The smallest absolute Gasteiger partial charge is 0.251 e. The van der Waals surface area contributed by atoms with Gasteiger partial charge < -0.3 is 10.6 Å². The standard InChI is InChI=1S/C17H29N3O/c1-5-7-8-9-10-13(3)20-17(21)15-11-14(4)19-16(12-15)18-6-2/h11-13H,5-10H2,1-4H3,(H,18,19)(H,20,21). The lowest BCUT2D eigenvalue weighted by molar-refractivity contribution is 0.0937. The van der Waals surface area contributed by atoms with E-state index in [-0.39, 0.29) is 11.9 Å². The molecule has 1 unspecified atom stereocenters. The van der Waals surface area contributed by atoms with Crippen molar-refractivity contribution in [2.75, 3.05) is 11.9 Å². The lowest BCUT2D eigenvalue weighted by Crippen LogP contribution is -2.32. The Morgan fingerprint density at radius 2 is 2.00 bits per heavy atom. The van der Waals surface area contributed by atoms with Gasteiger partial charge in [0.15, 0.2) is 0 Å². The maximum atomic E-state index is 12.3. The molecule has 0 radical (unpaired) electrons. The van der Waals surface area contributed by atoms with E-state index in [1.807, 2.05) is 26.0 Å². The summed E-state index contributed by atoms with van der Waals surface area (Å²) in [4.78, 5) is 16.7. The molecule has 21 heavy (non-hydrogen) atoms. The minimum atomic E-state index is -0.0114. The van der Waals surface area contributed by atoms with E-state index >= 15 is 0 Å². The molecular weight excluding hydrogens is 262 g/mol. The van der Waals surface area contributed by atoms with Crippen LogP contribution < -0.4 is 10.6 Å². The summed E-state index contributed by atoms with van der Waals surface area (Å²) in [5.41, 5.74) is 1.54. The highest BCUT2D eigenvalue weighted by molar-refractivity contribution is 5.95. The average Bonchev–Trinajstić information content (AvgIpc) is 2.43. The Hall–Kier alpha value is -1.58. The number of nitrogens with one attached hydrogen (secondary N) is 2. The zero-order chi connectivity index (χ0) is 15.7. The normalized spacial score (nSPS) is 12.0. The second kappa shape index (κ2) is 9.37. The van der Waals surface area contributed by atoms with Crippen molar-refractivity contribution >= 4 is 11.7 Å². The molecule has 4 heteroatoms. The molecule has 1 heterocycles. The molecule has 2 N–H and O–H groups in total. The van der Waals surface area contributed by atoms with Gasteiger partial charge in [-0.3, -0.25) is 4.79 Å². The first-order chi connectivity index (χ1) is 10.1. The molecule has 4 nitrogen and oxygen atoms in total. The third-order valence-electron chi connectivity index (χ3n) is 3.44. The van der Waals surface area contributed by atoms with Crippen LogP contribution in [0.2, 0.25) is 0 Å². The Labute approximate surface area is 128 Å². The Morgan fingerprint density at radius 3 is 2.67 bits per heavy atom. The molecule has 118 valence electrons. The molecule has 0 aliphatic carbocycles. The number of pyridine rings is 1. The molecule has 1 atom stereocenters. The predicted octanol–water partition coefficient (Wildman–Crippen LogP) is 3.91. The van der Waals surface area contributed by atoms with Gasteiger partial charge in [0, 0.05) is 23.8 Å². The number of unbranched alkanes of at least 4 members (excludes halogenated alkanes) is 3. The van der Waals surface area contributed by atoms with Crippen LogP contribution in [0.4, 0.5) is 5.82 Å². The van der Waals surface area contributed by atoms with Crippen LogP contribution >= 0.6 is 0 Å². The molecule has 0 fully saturated rings. The summed E-state index contributed by atoms with van der Waals surface area (Å²) in [6, 6.07) is 3.86.